The van der Waals surface area contributed by atoms with Gasteiger partial charge < -0.3 is 15.3 Å². The average molecular weight is 380 g/mol. The Morgan fingerprint density at radius 1 is 1.04 bits per heavy atom. The molecule has 0 radical (unpaired) electrons. The second-order valence-electron chi connectivity index (χ2n) is 6.00. The van der Waals surface area contributed by atoms with Gasteiger partial charge in [0.2, 0.25) is 0 Å². The number of hydrogen-bond acceptors (Lipinski definition) is 5. The first-order chi connectivity index (χ1) is 12.6. The van der Waals surface area contributed by atoms with Gasteiger partial charge in [0, 0.05) is 12.1 Å². The Balaban J connectivity index is 1.93. The number of phenols is 2. The van der Waals surface area contributed by atoms with Crippen LogP contribution in [0.4, 0.5) is 13.2 Å². The molecule has 3 N–H and O–H groups in total. The van der Waals surface area contributed by atoms with E-state index < -0.39 is 17.8 Å². The minimum absolute atomic E-state index is 0.0688. The number of carbonyl (C=O) groups is 1. The van der Waals surface area contributed by atoms with Crippen molar-refractivity contribution in [3.8, 4) is 11.5 Å². The summed E-state index contributed by atoms with van der Waals surface area (Å²) in [5, 5.41) is 28.7. The van der Waals surface area contributed by atoms with Crippen LogP contribution < -0.4 is 0 Å². The van der Waals surface area contributed by atoms with Crippen LogP contribution in [0.25, 0.3) is 0 Å². The Hall–Kier alpha value is -3.07. The van der Waals surface area contributed by atoms with Gasteiger partial charge in [0.25, 0.3) is 5.91 Å². The second-order valence-corrected chi connectivity index (χ2v) is 6.00. The molecular formula is C18H15F3N2O4. The minimum atomic E-state index is -5.27. The van der Waals surface area contributed by atoms with Crippen LogP contribution in [-0.4, -0.2) is 50.4 Å². The summed E-state index contributed by atoms with van der Waals surface area (Å²) in [7, 11) is 0. The van der Waals surface area contributed by atoms with E-state index in [4.69, 9.17) is 0 Å². The molecule has 0 spiro atoms. The first kappa shape index (κ1) is 18.7. The third kappa shape index (κ3) is 3.33. The summed E-state index contributed by atoms with van der Waals surface area (Å²) in [5.41, 5.74) is -3.11. The van der Waals surface area contributed by atoms with E-state index in [1.165, 1.54) is 30.3 Å². The molecule has 2 aromatic carbocycles. The lowest BCUT2D eigenvalue weighted by Crippen LogP contribution is -2.52. The molecule has 2 aromatic rings. The highest BCUT2D eigenvalue weighted by Crippen LogP contribution is 2.38. The van der Waals surface area contributed by atoms with Crippen LogP contribution in [-0.2, 0) is 11.2 Å². The Labute approximate surface area is 151 Å². The normalized spacial score (nSPS) is 20.1. The Bertz CT molecular complexity index is 899. The third-order valence-electron chi connectivity index (χ3n) is 4.16. The standard InChI is InChI=1S/C18H15F3N2O4/c19-18(20,21)17(27)16(26)23(15(22-17)12-4-2-1-3-5-12)9-8-11-6-7-13(24)14(25)10-11/h1-7,10,24-25,27H,8-9H2. The smallest absolute Gasteiger partial charge is 0.448 e. The van der Waals surface area contributed by atoms with Crippen molar-refractivity contribution in [3.05, 3.63) is 59.7 Å². The van der Waals surface area contributed by atoms with Gasteiger partial charge in [-0.3, -0.25) is 9.69 Å². The molecule has 0 saturated heterocycles. The fourth-order valence-electron chi connectivity index (χ4n) is 2.71. The highest BCUT2D eigenvalue weighted by atomic mass is 19.4. The number of amides is 1. The molecule has 0 aliphatic carbocycles. The molecular weight excluding hydrogens is 365 g/mol. The summed E-state index contributed by atoms with van der Waals surface area (Å²) in [6, 6.07) is 11.7. The maximum atomic E-state index is 13.3. The molecule has 9 heteroatoms. The first-order valence-electron chi connectivity index (χ1n) is 7.90. The Morgan fingerprint density at radius 2 is 1.70 bits per heavy atom. The number of alkyl halides is 3. The summed E-state index contributed by atoms with van der Waals surface area (Å²) < 4.78 is 39.8. The third-order valence-corrected chi connectivity index (χ3v) is 4.16. The van der Waals surface area contributed by atoms with Crippen molar-refractivity contribution in [3.63, 3.8) is 0 Å². The van der Waals surface area contributed by atoms with Gasteiger partial charge in [-0.25, -0.2) is 4.99 Å². The van der Waals surface area contributed by atoms with E-state index in [9.17, 15) is 33.3 Å². The van der Waals surface area contributed by atoms with E-state index in [1.807, 2.05) is 0 Å². The Kier molecular flexibility index (Phi) is 4.56. The molecule has 0 bridgehead atoms. The number of aliphatic imine (C=N–C) groups is 1. The maximum Gasteiger partial charge on any atom is 0.448 e. The van der Waals surface area contributed by atoms with Gasteiger partial charge >= 0.3 is 11.9 Å². The van der Waals surface area contributed by atoms with Crippen molar-refractivity contribution in [2.24, 2.45) is 4.99 Å². The van der Waals surface area contributed by atoms with E-state index in [0.717, 1.165) is 4.90 Å². The fraction of sp³-hybridized carbons (Fsp3) is 0.222. The van der Waals surface area contributed by atoms with Crippen LogP contribution in [0.5, 0.6) is 11.5 Å². The highest BCUT2D eigenvalue weighted by molar-refractivity contribution is 6.14. The van der Waals surface area contributed by atoms with E-state index in [2.05, 4.69) is 4.99 Å². The first-order valence-corrected chi connectivity index (χ1v) is 7.90. The lowest BCUT2D eigenvalue weighted by molar-refractivity contribution is -0.248. The van der Waals surface area contributed by atoms with Crippen LogP contribution in [0.1, 0.15) is 11.1 Å². The monoisotopic (exact) mass is 380 g/mol. The number of hydrogen-bond donors (Lipinski definition) is 3. The van der Waals surface area contributed by atoms with E-state index >= 15 is 0 Å². The largest absolute Gasteiger partial charge is 0.504 e. The number of phenolic OH excluding ortho intramolecular Hbond substituents is 2. The van der Waals surface area contributed by atoms with Gasteiger partial charge in [0.05, 0.1) is 0 Å². The number of rotatable bonds is 4. The highest BCUT2D eigenvalue weighted by Gasteiger charge is 2.65. The van der Waals surface area contributed by atoms with Gasteiger partial charge in [0.15, 0.2) is 11.5 Å². The predicted molar refractivity (Wildman–Crippen MR) is 89.2 cm³/mol. The van der Waals surface area contributed by atoms with Crippen molar-refractivity contribution >= 4 is 11.7 Å². The van der Waals surface area contributed by atoms with Crippen molar-refractivity contribution in [1.29, 1.82) is 0 Å². The summed E-state index contributed by atoms with van der Waals surface area (Å²) in [4.78, 5) is 16.4. The number of aromatic hydroxyl groups is 2. The SMILES string of the molecule is O=C1N(CCc2ccc(O)c(O)c2)C(c2ccccc2)=NC1(O)C(F)(F)F. The summed E-state index contributed by atoms with van der Waals surface area (Å²) in [5.74, 6) is -2.60. The van der Waals surface area contributed by atoms with Crippen molar-refractivity contribution < 1.29 is 33.3 Å². The van der Waals surface area contributed by atoms with Crippen LogP contribution in [0.2, 0.25) is 0 Å². The average Bonchev–Trinajstić information content (AvgIpc) is 2.89. The molecule has 1 unspecified atom stereocenters. The predicted octanol–water partition coefficient (Wildman–Crippen LogP) is 2.18. The molecule has 142 valence electrons. The topological polar surface area (TPSA) is 93.4 Å². The quantitative estimate of drug-likeness (QED) is 0.709. The van der Waals surface area contributed by atoms with Crippen LogP contribution >= 0.6 is 0 Å². The molecule has 27 heavy (non-hydrogen) atoms. The van der Waals surface area contributed by atoms with Gasteiger partial charge in [-0.15, -0.1) is 0 Å². The molecule has 6 nitrogen and oxygen atoms in total. The molecule has 3 rings (SSSR count). The van der Waals surface area contributed by atoms with Crippen molar-refractivity contribution in [2.45, 2.75) is 18.3 Å². The molecule has 1 aliphatic rings. The van der Waals surface area contributed by atoms with Crippen LogP contribution in [0.3, 0.4) is 0 Å². The molecule has 1 heterocycles. The summed E-state index contributed by atoms with van der Waals surface area (Å²) in [6.45, 7) is -0.213. The zero-order valence-electron chi connectivity index (χ0n) is 13.8. The van der Waals surface area contributed by atoms with Gasteiger partial charge in [-0.1, -0.05) is 36.4 Å². The number of amidine groups is 1. The number of carbonyl (C=O) groups excluding carboxylic acids is 1. The number of halogens is 3. The lowest BCUT2D eigenvalue weighted by atomic mass is 10.1. The molecule has 1 aliphatic heterocycles. The van der Waals surface area contributed by atoms with Gasteiger partial charge in [-0.05, 0) is 24.1 Å². The molecule has 1 amide bonds. The summed E-state index contributed by atoms with van der Waals surface area (Å²) in [6.07, 6.45) is -5.20. The molecule has 0 saturated carbocycles. The zero-order valence-corrected chi connectivity index (χ0v) is 13.8. The van der Waals surface area contributed by atoms with Crippen LogP contribution in [0, 0.1) is 0 Å². The van der Waals surface area contributed by atoms with E-state index in [1.54, 1.807) is 18.2 Å². The minimum Gasteiger partial charge on any atom is -0.504 e. The molecule has 0 aromatic heterocycles. The maximum absolute atomic E-state index is 13.3. The summed E-state index contributed by atoms with van der Waals surface area (Å²) >= 11 is 0. The van der Waals surface area contributed by atoms with Gasteiger partial charge in [0.1, 0.15) is 5.84 Å². The second kappa shape index (κ2) is 6.58. The van der Waals surface area contributed by atoms with E-state index in [-0.39, 0.29) is 35.9 Å². The van der Waals surface area contributed by atoms with E-state index in [0.29, 0.717) is 5.56 Å². The van der Waals surface area contributed by atoms with Crippen LogP contribution in [0.15, 0.2) is 53.5 Å². The molecule has 0 fully saturated rings. The van der Waals surface area contributed by atoms with Gasteiger partial charge in [-0.2, -0.15) is 13.2 Å². The van der Waals surface area contributed by atoms with Crippen molar-refractivity contribution in [1.82, 2.24) is 4.90 Å². The number of nitrogens with zero attached hydrogens (tertiary/aromatic N) is 2. The Morgan fingerprint density at radius 3 is 2.30 bits per heavy atom. The fourth-order valence-corrected chi connectivity index (χ4v) is 2.71. The molecule has 1 atom stereocenters. The number of benzene rings is 2. The van der Waals surface area contributed by atoms with Crippen molar-refractivity contribution in [2.75, 3.05) is 6.54 Å². The number of aliphatic hydroxyl groups is 1. The lowest BCUT2D eigenvalue weighted by Gasteiger charge is -2.23. The zero-order chi connectivity index (χ0) is 19.8.